The van der Waals surface area contributed by atoms with Crippen LogP contribution in [0.4, 0.5) is 0 Å². The molecule has 0 heterocycles. The maximum Gasteiger partial charge on any atom is 0.237 e. The first-order chi connectivity index (χ1) is 7.61. The summed E-state index contributed by atoms with van der Waals surface area (Å²) in [6, 6.07) is 1.96. The average molecular weight is 227 g/mol. The summed E-state index contributed by atoms with van der Waals surface area (Å²) in [7, 11) is 3.95. The van der Waals surface area contributed by atoms with Crippen LogP contribution in [0.2, 0.25) is 0 Å². The summed E-state index contributed by atoms with van der Waals surface area (Å²) >= 11 is 0. The summed E-state index contributed by atoms with van der Waals surface area (Å²) in [6.45, 7) is 4.29. The molecule has 0 aliphatic carbocycles. The highest BCUT2D eigenvalue weighted by molar-refractivity contribution is 5.80. The quantitative estimate of drug-likeness (QED) is 0.603. The van der Waals surface area contributed by atoms with Crippen LogP contribution in [0, 0.1) is 17.2 Å². The third-order valence-electron chi connectivity index (χ3n) is 2.11. The van der Waals surface area contributed by atoms with E-state index in [9.17, 15) is 4.79 Å². The Kier molecular flexibility index (Phi) is 8.49. The molecule has 1 unspecified atom stereocenters. The average Bonchev–Trinajstić information content (AvgIpc) is 2.24. The second-order valence-corrected chi connectivity index (χ2v) is 3.80. The van der Waals surface area contributed by atoms with Crippen molar-refractivity contribution < 1.29 is 9.53 Å². The van der Waals surface area contributed by atoms with E-state index in [0.717, 1.165) is 6.54 Å². The van der Waals surface area contributed by atoms with Crippen molar-refractivity contribution in [1.82, 2.24) is 10.2 Å². The molecule has 0 saturated heterocycles. The van der Waals surface area contributed by atoms with Crippen LogP contribution in [0.5, 0.6) is 0 Å². The van der Waals surface area contributed by atoms with Gasteiger partial charge in [-0.05, 0) is 20.5 Å². The van der Waals surface area contributed by atoms with Gasteiger partial charge in [-0.2, -0.15) is 5.26 Å². The van der Waals surface area contributed by atoms with E-state index in [4.69, 9.17) is 10.00 Å². The highest BCUT2D eigenvalue weighted by Gasteiger charge is 2.13. The summed E-state index contributed by atoms with van der Waals surface area (Å²) in [5.74, 6) is -0.747. The van der Waals surface area contributed by atoms with Crippen molar-refractivity contribution in [3.8, 4) is 6.07 Å². The Balaban J connectivity index is 3.45. The van der Waals surface area contributed by atoms with Gasteiger partial charge in [-0.15, -0.1) is 0 Å². The lowest BCUT2D eigenvalue weighted by Crippen LogP contribution is -2.32. The topological polar surface area (TPSA) is 65.4 Å². The predicted molar refractivity (Wildman–Crippen MR) is 61.8 cm³/mol. The van der Waals surface area contributed by atoms with Crippen LogP contribution in [0.1, 0.15) is 13.3 Å². The van der Waals surface area contributed by atoms with Crippen molar-refractivity contribution in [2.75, 3.05) is 40.4 Å². The molecule has 0 saturated carbocycles. The lowest BCUT2D eigenvalue weighted by Gasteiger charge is -2.11. The van der Waals surface area contributed by atoms with Crippen LogP contribution >= 0.6 is 0 Å². The molecule has 5 nitrogen and oxygen atoms in total. The van der Waals surface area contributed by atoms with Gasteiger partial charge >= 0.3 is 0 Å². The fraction of sp³-hybridized carbons (Fsp3) is 0.818. The van der Waals surface area contributed by atoms with Gasteiger partial charge in [0.05, 0.1) is 19.3 Å². The minimum atomic E-state index is -0.540. The standard InChI is InChI=1S/C11H21N3O2/c1-4-10(9-12)11(15)13-5-7-16-8-6-14(2)3/h10H,4-8H2,1-3H3,(H,13,15). The normalized spacial score (nSPS) is 12.2. The van der Waals surface area contributed by atoms with E-state index < -0.39 is 5.92 Å². The number of rotatable bonds is 8. The Hall–Kier alpha value is -1.12. The summed E-state index contributed by atoms with van der Waals surface area (Å²) in [5.41, 5.74) is 0. The Bertz CT molecular complexity index is 236. The number of ether oxygens (including phenoxy) is 1. The van der Waals surface area contributed by atoms with Gasteiger partial charge in [-0.25, -0.2) is 0 Å². The number of amides is 1. The Morgan fingerprint density at radius 3 is 2.69 bits per heavy atom. The van der Waals surface area contributed by atoms with Gasteiger partial charge in [0.2, 0.25) is 5.91 Å². The van der Waals surface area contributed by atoms with Crippen LogP contribution in [-0.4, -0.2) is 51.2 Å². The van der Waals surface area contributed by atoms with Crippen molar-refractivity contribution in [2.24, 2.45) is 5.92 Å². The third kappa shape index (κ3) is 7.21. The van der Waals surface area contributed by atoms with Crippen LogP contribution in [0.25, 0.3) is 0 Å². The highest BCUT2D eigenvalue weighted by Crippen LogP contribution is 1.99. The van der Waals surface area contributed by atoms with Gasteiger partial charge in [-0.1, -0.05) is 6.92 Å². The van der Waals surface area contributed by atoms with Crippen LogP contribution in [-0.2, 0) is 9.53 Å². The van der Waals surface area contributed by atoms with E-state index in [1.165, 1.54) is 0 Å². The van der Waals surface area contributed by atoms with Crippen molar-refractivity contribution in [3.63, 3.8) is 0 Å². The van der Waals surface area contributed by atoms with Gasteiger partial charge in [0.1, 0.15) is 5.92 Å². The molecule has 0 bridgehead atoms. The molecule has 0 aromatic carbocycles. The molecule has 5 heteroatoms. The minimum Gasteiger partial charge on any atom is -0.378 e. The number of nitriles is 1. The Morgan fingerprint density at radius 2 is 2.19 bits per heavy atom. The summed E-state index contributed by atoms with van der Waals surface area (Å²) in [6.07, 6.45) is 0.545. The van der Waals surface area contributed by atoms with Gasteiger partial charge < -0.3 is 15.0 Å². The molecule has 0 aromatic heterocycles. The highest BCUT2D eigenvalue weighted by atomic mass is 16.5. The molecule has 1 N–H and O–H groups in total. The molecule has 0 aliphatic rings. The van der Waals surface area contributed by atoms with Crippen molar-refractivity contribution in [1.29, 1.82) is 5.26 Å². The molecular formula is C11H21N3O2. The molecule has 0 fully saturated rings. The SMILES string of the molecule is CCC(C#N)C(=O)NCCOCCN(C)C. The minimum absolute atomic E-state index is 0.207. The van der Waals surface area contributed by atoms with E-state index in [1.807, 2.05) is 32.0 Å². The molecule has 92 valence electrons. The first kappa shape index (κ1) is 14.9. The number of carbonyl (C=O) groups is 1. The number of carbonyl (C=O) groups excluding carboxylic acids is 1. The molecule has 0 rings (SSSR count). The Labute approximate surface area is 97.4 Å². The first-order valence-corrected chi connectivity index (χ1v) is 5.51. The van der Waals surface area contributed by atoms with Crippen LogP contribution < -0.4 is 5.32 Å². The molecule has 0 aromatic rings. The van der Waals surface area contributed by atoms with Crippen LogP contribution in [0.3, 0.4) is 0 Å². The largest absolute Gasteiger partial charge is 0.378 e. The second kappa shape index (κ2) is 9.13. The van der Waals surface area contributed by atoms with Crippen LogP contribution in [0.15, 0.2) is 0 Å². The first-order valence-electron chi connectivity index (χ1n) is 5.51. The van der Waals surface area contributed by atoms with E-state index in [1.54, 1.807) is 0 Å². The number of hydrogen-bond acceptors (Lipinski definition) is 4. The maximum atomic E-state index is 11.3. The van der Waals surface area contributed by atoms with Gasteiger partial charge in [0, 0.05) is 13.1 Å². The van der Waals surface area contributed by atoms with E-state index >= 15 is 0 Å². The zero-order valence-electron chi connectivity index (χ0n) is 10.3. The zero-order chi connectivity index (χ0) is 12.4. The summed E-state index contributed by atoms with van der Waals surface area (Å²) in [4.78, 5) is 13.4. The molecule has 1 amide bonds. The monoisotopic (exact) mass is 227 g/mol. The molecule has 1 atom stereocenters. The molecular weight excluding hydrogens is 206 g/mol. The number of nitrogens with one attached hydrogen (secondary N) is 1. The number of nitrogens with zero attached hydrogens (tertiary/aromatic N) is 2. The van der Waals surface area contributed by atoms with E-state index in [2.05, 4.69) is 5.32 Å². The summed E-state index contributed by atoms with van der Waals surface area (Å²) in [5, 5.41) is 11.3. The molecule has 0 radical (unpaired) electrons. The van der Waals surface area contributed by atoms with Crippen molar-refractivity contribution >= 4 is 5.91 Å². The van der Waals surface area contributed by atoms with Gasteiger partial charge in [-0.3, -0.25) is 4.79 Å². The zero-order valence-corrected chi connectivity index (χ0v) is 10.3. The molecule has 16 heavy (non-hydrogen) atoms. The maximum absolute atomic E-state index is 11.3. The second-order valence-electron chi connectivity index (χ2n) is 3.80. The lowest BCUT2D eigenvalue weighted by atomic mass is 10.1. The van der Waals surface area contributed by atoms with Crippen molar-refractivity contribution in [2.45, 2.75) is 13.3 Å². The van der Waals surface area contributed by atoms with E-state index in [-0.39, 0.29) is 5.91 Å². The predicted octanol–water partition coefficient (Wildman–Crippen LogP) is 0.231. The lowest BCUT2D eigenvalue weighted by molar-refractivity contribution is -0.123. The van der Waals surface area contributed by atoms with Gasteiger partial charge in [0.15, 0.2) is 0 Å². The fourth-order valence-corrected chi connectivity index (χ4v) is 1.05. The third-order valence-corrected chi connectivity index (χ3v) is 2.11. The fourth-order valence-electron chi connectivity index (χ4n) is 1.05. The van der Waals surface area contributed by atoms with Crippen molar-refractivity contribution in [3.05, 3.63) is 0 Å². The summed E-state index contributed by atoms with van der Waals surface area (Å²) < 4.78 is 5.30. The molecule has 0 aliphatic heterocycles. The smallest absolute Gasteiger partial charge is 0.237 e. The Morgan fingerprint density at radius 1 is 1.50 bits per heavy atom. The number of hydrogen-bond donors (Lipinski definition) is 1. The molecule has 0 spiro atoms. The van der Waals surface area contributed by atoms with Gasteiger partial charge in [0.25, 0.3) is 0 Å². The number of likely N-dealkylation sites (N-methyl/N-ethyl adjacent to an activating group) is 1. The van der Waals surface area contributed by atoms with E-state index in [0.29, 0.717) is 26.2 Å².